The zero-order valence-corrected chi connectivity index (χ0v) is 16.8. The predicted octanol–water partition coefficient (Wildman–Crippen LogP) is 3.67. The quantitative estimate of drug-likeness (QED) is 0.828. The summed E-state index contributed by atoms with van der Waals surface area (Å²) in [5.41, 5.74) is 2.48. The molecule has 0 aromatic heterocycles. The highest BCUT2D eigenvalue weighted by molar-refractivity contribution is 6.32. The van der Waals surface area contributed by atoms with Gasteiger partial charge in [-0.1, -0.05) is 29.8 Å². The van der Waals surface area contributed by atoms with Gasteiger partial charge < -0.3 is 10.2 Å². The lowest BCUT2D eigenvalue weighted by atomic mass is 9.95. The minimum atomic E-state index is 0. The van der Waals surface area contributed by atoms with Crippen LogP contribution in [0.25, 0.3) is 0 Å². The number of likely N-dealkylation sites (tertiary alicyclic amines) is 1. The first-order valence-electron chi connectivity index (χ1n) is 8.59. The van der Waals surface area contributed by atoms with Gasteiger partial charge in [-0.2, -0.15) is 0 Å². The van der Waals surface area contributed by atoms with Crippen molar-refractivity contribution in [3.63, 3.8) is 0 Å². The van der Waals surface area contributed by atoms with Crippen molar-refractivity contribution in [1.29, 1.82) is 0 Å². The molecule has 3 fully saturated rings. The van der Waals surface area contributed by atoms with Gasteiger partial charge in [0.2, 0.25) is 0 Å². The van der Waals surface area contributed by atoms with E-state index in [0.717, 1.165) is 23.7 Å². The van der Waals surface area contributed by atoms with E-state index in [9.17, 15) is 0 Å². The Balaban J connectivity index is 0.00000104. The summed E-state index contributed by atoms with van der Waals surface area (Å²) >= 11 is 6.62. The number of nitrogens with one attached hydrogen (secondary N) is 1. The number of hydrogen-bond donors (Lipinski definition) is 1. The van der Waals surface area contributed by atoms with Gasteiger partial charge in [0.15, 0.2) is 0 Å². The third kappa shape index (κ3) is 3.44. The van der Waals surface area contributed by atoms with Crippen LogP contribution in [0.1, 0.15) is 36.4 Å². The molecule has 1 N–H and O–H groups in total. The Morgan fingerprint density at radius 3 is 2.42 bits per heavy atom. The van der Waals surface area contributed by atoms with Crippen molar-refractivity contribution in [3.05, 3.63) is 34.3 Å². The van der Waals surface area contributed by atoms with Crippen LogP contribution in [0.15, 0.2) is 18.2 Å². The maximum atomic E-state index is 6.62. The first-order valence-corrected chi connectivity index (χ1v) is 8.97. The molecule has 4 atom stereocenters. The molecule has 3 saturated heterocycles. The molecule has 1 aromatic rings. The first-order chi connectivity index (χ1) is 10.6. The van der Waals surface area contributed by atoms with Crippen LogP contribution in [0.5, 0.6) is 0 Å². The summed E-state index contributed by atoms with van der Waals surface area (Å²) in [5.74, 6) is 0. The molecule has 3 aliphatic heterocycles. The Morgan fingerprint density at radius 1 is 1.08 bits per heavy atom. The van der Waals surface area contributed by atoms with Crippen molar-refractivity contribution < 1.29 is 0 Å². The lowest BCUT2D eigenvalue weighted by Crippen LogP contribution is -2.57. The fourth-order valence-corrected chi connectivity index (χ4v) is 5.17. The van der Waals surface area contributed by atoms with E-state index in [1.54, 1.807) is 0 Å². The largest absolute Gasteiger partial charge is 0.309 e. The van der Waals surface area contributed by atoms with Gasteiger partial charge in [0.1, 0.15) is 0 Å². The molecule has 3 aliphatic rings. The lowest BCUT2D eigenvalue weighted by Gasteiger charge is -2.44. The molecular weight excluding hydrogens is 365 g/mol. The molecule has 2 bridgehead atoms. The number of fused-ring (bicyclic) bond motifs is 2. The highest BCUT2D eigenvalue weighted by Gasteiger charge is 2.46. The number of halogens is 3. The van der Waals surface area contributed by atoms with Gasteiger partial charge >= 0.3 is 0 Å². The molecule has 2 unspecified atom stereocenters. The number of nitrogens with zero attached hydrogens (tertiary/aromatic N) is 2. The average molecular weight is 393 g/mol. The topological polar surface area (TPSA) is 18.5 Å². The SMILES string of the molecule is Cc1cccc([C@H]2NCC[C@H]2N2C3CCC2CN(C)C3)c1Cl.Cl.Cl. The second-order valence-corrected chi connectivity index (χ2v) is 7.70. The molecule has 0 spiro atoms. The van der Waals surface area contributed by atoms with Crippen LogP contribution in [0, 0.1) is 6.92 Å². The van der Waals surface area contributed by atoms with Crippen LogP contribution < -0.4 is 5.32 Å². The van der Waals surface area contributed by atoms with Gasteiger partial charge in [0, 0.05) is 42.3 Å². The molecule has 0 aliphatic carbocycles. The smallest absolute Gasteiger partial charge is 0.0493 e. The number of hydrogen-bond acceptors (Lipinski definition) is 3. The second kappa shape index (κ2) is 8.11. The Labute approximate surface area is 162 Å². The number of piperazine rings is 1. The Kier molecular flexibility index (Phi) is 6.86. The Hall–Kier alpha value is -0.0300. The summed E-state index contributed by atoms with van der Waals surface area (Å²) in [6.45, 7) is 5.66. The van der Waals surface area contributed by atoms with Crippen LogP contribution in [-0.4, -0.2) is 54.6 Å². The molecule has 0 radical (unpaired) electrons. The molecule has 1 aromatic carbocycles. The van der Waals surface area contributed by atoms with E-state index in [0.29, 0.717) is 12.1 Å². The average Bonchev–Trinajstić information content (AvgIpc) is 3.04. The highest BCUT2D eigenvalue weighted by atomic mass is 35.5. The van der Waals surface area contributed by atoms with E-state index in [-0.39, 0.29) is 24.8 Å². The summed E-state index contributed by atoms with van der Waals surface area (Å²) in [6.07, 6.45) is 3.96. The fraction of sp³-hybridized carbons (Fsp3) is 0.667. The Morgan fingerprint density at radius 2 is 1.75 bits per heavy atom. The molecule has 4 rings (SSSR count). The second-order valence-electron chi connectivity index (χ2n) is 7.32. The van der Waals surface area contributed by atoms with E-state index < -0.39 is 0 Å². The molecule has 24 heavy (non-hydrogen) atoms. The summed E-state index contributed by atoms with van der Waals surface area (Å²) in [6, 6.07) is 8.93. The normalized spacial score (nSPS) is 33.1. The molecule has 6 heteroatoms. The zero-order valence-electron chi connectivity index (χ0n) is 14.4. The number of likely N-dealkylation sites (N-methyl/N-ethyl adjacent to an activating group) is 1. The third-order valence-corrected chi connectivity index (χ3v) is 6.37. The minimum absolute atomic E-state index is 0. The number of benzene rings is 1. The van der Waals surface area contributed by atoms with Gasteiger partial charge in [-0.05, 0) is 50.9 Å². The van der Waals surface area contributed by atoms with Crippen LogP contribution in [0.4, 0.5) is 0 Å². The van der Waals surface area contributed by atoms with Crippen LogP contribution in [-0.2, 0) is 0 Å². The van der Waals surface area contributed by atoms with Gasteiger partial charge in [-0.25, -0.2) is 0 Å². The fourth-order valence-electron chi connectivity index (χ4n) is 4.93. The molecular formula is C18H28Cl3N3. The van der Waals surface area contributed by atoms with Crippen LogP contribution in [0.2, 0.25) is 5.02 Å². The van der Waals surface area contributed by atoms with Crippen molar-refractivity contribution in [2.45, 2.75) is 50.4 Å². The van der Waals surface area contributed by atoms with Gasteiger partial charge in [-0.15, -0.1) is 24.8 Å². The molecule has 136 valence electrons. The lowest BCUT2D eigenvalue weighted by molar-refractivity contribution is 0.0391. The molecule has 3 heterocycles. The van der Waals surface area contributed by atoms with E-state index in [1.165, 1.54) is 43.5 Å². The van der Waals surface area contributed by atoms with Gasteiger partial charge in [0.25, 0.3) is 0 Å². The van der Waals surface area contributed by atoms with Gasteiger partial charge in [0.05, 0.1) is 0 Å². The summed E-state index contributed by atoms with van der Waals surface area (Å²) in [7, 11) is 2.27. The van der Waals surface area contributed by atoms with Crippen molar-refractivity contribution in [2.75, 3.05) is 26.7 Å². The maximum Gasteiger partial charge on any atom is 0.0493 e. The van der Waals surface area contributed by atoms with Crippen molar-refractivity contribution in [2.24, 2.45) is 0 Å². The summed E-state index contributed by atoms with van der Waals surface area (Å²) in [5, 5.41) is 4.68. The van der Waals surface area contributed by atoms with E-state index in [2.05, 4.69) is 47.3 Å². The standard InChI is InChI=1S/C18H26ClN3.2ClH/c1-12-4-3-5-15(17(12)19)18-16(8-9-20-18)22-13-6-7-14(22)11-21(2)10-13;;/h3-5,13-14,16,18,20H,6-11H2,1-2H3;2*1H/t13?,14?,16-,18-;;/m1../s1. The Bertz CT molecular complexity index is 554. The molecule has 0 amide bonds. The predicted molar refractivity (Wildman–Crippen MR) is 106 cm³/mol. The minimum Gasteiger partial charge on any atom is -0.309 e. The number of rotatable bonds is 2. The monoisotopic (exact) mass is 391 g/mol. The van der Waals surface area contributed by atoms with Crippen molar-refractivity contribution in [1.82, 2.24) is 15.1 Å². The van der Waals surface area contributed by atoms with Crippen molar-refractivity contribution in [3.8, 4) is 0 Å². The van der Waals surface area contributed by atoms with Gasteiger partial charge in [-0.3, -0.25) is 4.90 Å². The zero-order chi connectivity index (χ0) is 15.3. The number of aryl methyl sites for hydroxylation is 1. The molecule has 0 saturated carbocycles. The summed E-state index contributed by atoms with van der Waals surface area (Å²) < 4.78 is 0. The summed E-state index contributed by atoms with van der Waals surface area (Å²) in [4.78, 5) is 5.35. The first kappa shape index (κ1) is 20.3. The van der Waals surface area contributed by atoms with Crippen molar-refractivity contribution >= 4 is 36.4 Å². The van der Waals surface area contributed by atoms with Crippen LogP contribution >= 0.6 is 36.4 Å². The van der Waals surface area contributed by atoms with Crippen LogP contribution in [0.3, 0.4) is 0 Å². The van der Waals surface area contributed by atoms with E-state index in [4.69, 9.17) is 11.6 Å². The van der Waals surface area contributed by atoms with E-state index in [1.807, 2.05) is 0 Å². The maximum absolute atomic E-state index is 6.62. The third-order valence-electron chi connectivity index (χ3n) is 5.85. The van der Waals surface area contributed by atoms with E-state index >= 15 is 0 Å². The molecule has 3 nitrogen and oxygen atoms in total. The highest BCUT2D eigenvalue weighted by Crippen LogP contribution is 2.40.